The Kier molecular flexibility index (Phi) is 5.91. The van der Waals surface area contributed by atoms with Crippen LogP contribution in [0.3, 0.4) is 0 Å². The summed E-state index contributed by atoms with van der Waals surface area (Å²) in [6, 6.07) is 13.4. The fourth-order valence-electron chi connectivity index (χ4n) is 3.08. The van der Waals surface area contributed by atoms with Gasteiger partial charge in [-0.15, -0.1) is 0 Å². The van der Waals surface area contributed by atoms with Crippen molar-refractivity contribution in [2.75, 3.05) is 7.11 Å². The predicted molar refractivity (Wildman–Crippen MR) is 114 cm³/mol. The van der Waals surface area contributed by atoms with Crippen LogP contribution in [0.4, 0.5) is 8.78 Å². The zero-order chi connectivity index (χ0) is 22.8. The summed E-state index contributed by atoms with van der Waals surface area (Å²) in [7, 11) is 1.31. The van der Waals surface area contributed by atoms with Crippen LogP contribution in [0.1, 0.15) is 16.8 Å². The maximum atomic E-state index is 12.5. The number of benzene rings is 2. The van der Waals surface area contributed by atoms with Crippen LogP contribution >= 0.6 is 11.6 Å². The van der Waals surface area contributed by atoms with Gasteiger partial charge in [0.2, 0.25) is 5.90 Å². The Labute approximate surface area is 186 Å². The van der Waals surface area contributed by atoms with E-state index in [0.717, 1.165) is 5.69 Å². The largest absolute Gasteiger partial charge is 0.493 e. The molecule has 10 heteroatoms. The highest BCUT2D eigenvalue weighted by Crippen LogP contribution is 2.32. The standard InChI is InChI=1S/C22H16ClF2N3O4/c1-12-15(19(23)28(27-12)14-6-4-3-5-7-14)11-16-21(29)32-20(26-16)13-8-9-17(31-22(24)25)18(10-13)30-2/h3-11,22H,1-2H3/b16-11+. The van der Waals surface area contributed by atoms with Crippen molar-refractivity contribution in [3.63, 3.8) is 0 Å². The maximum Gasteiger partial charge on any atom is 0.387 e. The van der Waals surface area contributed by atoms with Crippen LogP contribution in [0.2, 0.25) is 5.15 Å². The maximum absolute atomic E-state index is 12.5. The molecule has 0 unspecified atom stereocenters. The number of carbonyl (C=O) groups excluding carboxylic acids is 1. The second kappa shape index (κ2) is 8.80. The van der Waals surface area contributed by atoms with Crippen molar-refractivity contribution in [2.24, 2.45) is 4.99 Å². The van der Waals surface area contributed by atoms with Gasteiger partial charge in [0.15, 0.2) is 17.2 Å². The Bertz CT molecular complexity index is 1240. The first-order chi connectivity index (χ1) is 15.4. The number of nitrogens with zero attached hydrogens (tertiary/aromatic N) is 3. The molecule has 2 heterocycles. The molecule has 0 saturated carbocycles. The third-order valence-electron chi connectivity index (χ3n) is 4.58. The minimum atomic E-state index is -3.00. The first-order valence-corrected chi connectivity index (χ1v) is 9.71. The Hall–Kier alpha value is -3.72. The number of aryl methyl sites for hydroxylation is 1. The van der Waals surface area contributed by atoms with Gasteiger partial charge in [-0.3, -0.25) is 0 Å². The molecule has 3 aromatic rings. The fourth-order valence-corrected chi connectivity index (χ4v) is 3.41. The zero-order valence-electron chi connectivity index (χ0n) is 16.9. The lowest BCUT2D eigenvalue weighted by Crippen LogP contribution is -2.07. The summed E-state index contributed by atoms with van der Waals surface area (Å²) in [5.41, 5.74) is 2.25. The van der Waals surface area contributed by atoms with Crippen LogP contribution < -0.4 is 9.47 Å². The normalized spacial score (nSPS) is 14.6. The molecule has 164 valence electrons. The molecule has 0 fully saturated rings. The Morgan fingerprint density at radius 1 is 1.16 bits per heavy atom. The number of para-hydroxylation sites is 1. The number of hydrogen-bond acceptors (Lipinski definition) is 6. The summed E-state index contributed by atoms with van der Waals surface area (Å²) >= 11 is 6.51. The van der Waals surface area contributed by atoms with Gasteiger partial charge in [0, 0.05) is 11.1 Å². The van der Waals surface area contributed by atoms with Crippen LogP contribution in [0.5, 0.6) is 11.5 Å². The lowest BCUT2D eigenvalue weighted by molar-refractivity contribution is -0.129. The highest BCUT2D eigenvalue weighted by atomic mass is 35.5. The summed E-state index contributed by atoms with van der Waals surface area (Å²) in [5.74, 6) is -0.799. The minimum Gasteiger partial charge on any atom is -0.493 e. The van der Waals surface area contributed by atoms with Crippen LogP contribution in [0.15, 0.2) is 59.2 Å². The molecule has 1 aliphatic heterocycles. The molecule has 2 aromatic carbocycles. The third-order valence-corrected chi connectivity index (χ3v) is 4.94. The number of esters is 1. The van der Waals surface area contributed by atoms with E-state index in [1.807, 2.05) is 30.3 Å². The van der Waals surface area contributed by atoms with E-state index in [2.05, 4.69) is 14.8 Å². The number of ether oxygens (including phenoxy) is 3. The minimum absolute atomic E-state index is 0.00706. The van der Waals surface area contributed by atoms with Gasteiger partial charge in [-0.05, 0) is 43.3 Å². The molecule has 0 N–H and O–H groups in total. The fraction of sp³-hybridized carbons (Fsp3) is 0.136. The second-order valence-corrected chi connectivity index (χ2v) is 6.98. The van der Waals surface area contributed by atoms with Gasteiger partial charge in [-0.2, -0.15) is 13.9 Å². The van der Waals surface area contributed by atoms with Crippen molar-refractivity contribution in [1.82, 2.24) is 9.78 Å². The molecule has 0 atom stereocenters. The zero-order valence-corrected chi connectivity index (χ0v) is 17.6. The number of alkyl halides is 2. The van der Waals surface area contributed by atoms with E-state index in [4.69, 9.17) is 21.1 Å². The van der Waals surface area contributed by atoms with E-state index in [1.165, 1.54) is 31.4 Å². The van der Waals surface area contributed by atoms with Gasteiger partial charge >= 0.3 is 12.6 Å². The summed E-state index contributed by atoms with van der Waals surface area (Å²) in [5, 5.41) is 4.74. The predicted octanol–water partition coefficient (Wildman–Crippen LogP) is 4.79. The average molecular weight is 460 g/mol. The Balaban J connectivity index is 1.68. The molecule has 7 nitrogen and oxygen atoms in total. The van der Waals surface area contributed by atoms with Gasteiger partial charge in [0.05, 0.1) is 18.5 Å². The van der Waals surface area contributed by atoms with Crippen molar-refractivity contribution in [2.45, 2.75) is 13.5 Å². The summed E-state index contributed by atoms with van der Waals surface area (Å²) < 4.78 is 41.3. The van der Waals surface area contributed by atoms with Crippen molar-refractivity contribution >= 4 is 29.5 Å². The molecule has 0 saturated heterocycles. The Morgan fingerprint density at radius 2 is 1.91 bits per heavy atom. The van der Waals surface area contributed by atoms with Crippen LogP contribution in [0.25, 0.3) is 11.8 Å². The quantitative estimate of drug-likeness (QED) is 0.391. The SMILES string of the molecule is COc1cc(C2=N/C(=C/c3c(C)nn(-c4ccccc4)c3Cl)C(=O)O2)ccc1OC(F)F. The summed E-state index contributed by atoms with van der Waals surface area (Å²) in [6.45, 7) is -1.24. The summed E-state index contributed by atoms with van der Waals surface area (Å²) in [6.07, 6.45) is 1.49. The lowest BCUT2D eigenvalue weighted by atomic mass is 10.2. The van der Waals surface area contributed by atoms with Crippen molar-refractivity contribution < 1.29 is 27.8 Å². The number of halogens is 3. The highest BCUT2D eigenvalue weighted by Gasteiger charge is 2.26. The van der Waals surface area contributed by atoms with E-state index in [9.17, 15) is 13.6 Å². The molecular formula is C22H16ClF2N3O4. The summed E-state index contributed by atoms with van der Waals surface area (Å²) in [4.78, 5) is 16.6. The number of aliphatic imine (C=N–C) groups is 1. The van der Waals surface area contributed by atoms with Gasteiger partial charge in [-0.25, -0.2) is 14.5 Å². The molecule has 0 spiro atoms. The topological polar surface area (TPSA) is 74.9 Å². The monoisotopic (exact) mass is 459 g/mol. The number of aromatic nitrogens is 2. The van der Waals surface area contributed by atoms with E-state index < -0.39 is 12.6 Å². The molecule has 1 aliphatic rings. The molecular weight excluding hydrogens is 444 g/mol. The molecule has 0 bridgehead atoms. The first kappa shape index (κ1) is 21.5. The third kappa shape index (κ3) is 4.19. The van der Waals surface area contributed by atoms with E-state index >= 15 is 0 Å². The molecule has 32 heavy (non-hydrogen) atoms. The van der Waals surface area contributed by atoms with Gasteiger partial charge in [0.25, 0.3) is 0 Å². The first-order valence-electron chi connectivity index (χ1n) is 9.33. The lowest BCUT2D eigenvalue weighted by Gasteiger charge is -2.10. The van der Waals surface area contributed by atoms with Gasteiger partial charge in [-0.1, -0.05) is 29.8 Å². The molecule has 1 aromatic heterocycles. The Morgan fingerprint density at radius 3 is 2.59 bits per heavy atom. The van der Waals surface area contributed by atoms with E-state index in [-0.39, 0.29) is 23.1 Å². The van der Waals surface area contributed by atoms with Crippen LogP contribution in [-0.2, 0) is 9.53 Å². The average Bonchev–Trinajstić information content (AvgIpc) is 3.28. The molecule has 0 amide bonds. The molecule has 0 aliphatic carbocycles. The number of rotatable bonds is 6. The highest BCUT2D eigenvalue weighted by molar-refractivity contribution is 6.31. The number of cyclic esters (lactones) is 1. The smallest absolute Gasteiger partial charge is 0.387 e. The second-order valence-electron chi connectivity index (χ2n) is 6.62. The van der Waals surface area contributed by atoms with E-state index in [0.29, 0.717) is 22.0 Å². The number of carbonyl (C=O) groups is 1. The van der Waals surface area contributed by atoms with Crippen molar-refractivity contribution in [1.29, 1.82) is 0 Å². The van der Waals surface area contributed by atoms with Crippen molar-refractivity contribution in [3.05, 3.63) is 76.2 Å². The number of methoxy groups -OCH3 is 1. The van der Waals surface area contributed by atoms with Crippen LogP contribution in [0, 0.1) is 6.92 Å². The molecule has 4 rings (SSSR count). The van der Waals surface area contributed by atoms with Gasteiger partial charge < -0.3 is 14.2 Å². The molecule has 0 radical (unpaired) electrons. The van der Waals surface area contributed by atoms with E-state index in [1.54, 1.807) is 11.6 Å². The van der Waals surface area contributed by atoms with Gasteiger partial charge in [0.1, 0.15) is 5.15 Å². The van der Waals surface area contributed by atoms with Crippen LogP contribution in [-0.4, -0.2) is 35.4 Å². The van der Waals surface area contributed by atoms with Crippen molar-refractivity contribution in [3.8, 4) is 17.2 Å². The number of hydrogen-bond donors (Lipinski definition) is 0.